The predicted molar refractivity (Wildman–Crippen MR) is 99.0 cm³/mol. The van der Waals surface area contributed by atoms with Gasteiger partial charge in [-0.2, -0.15) is 18.4 Å². The molecule has 1 heterocycles. The van der Waals surface area contributed by atoms with Crippen molar-refractivity contribution in [3.05, 3.63) is 34.9 Å². The van der Waals surface area contributed by atoms with Gasteiger partial charge in [-0.15, -0.1) is 4.99 Å². The number of amidine groups is 1. The van der Waals surface area contributed by atoms with Gasteiger partial charge in [-0.3, -0.25) is 14.4 Å². The van der Waals surface area contributed by atoms with Crippen LogP contribution in [0.4, 0.5) is 13.2 Å². The summed E-state index contributed by atoms with van der Waals surface area (Å²) in [6.07, 6.45) is -2.39. The smallest absolute Gasteiger partial charge is 0.345 e. The van der Waals surface area contributed by atoms with Crippen LogP contribution in [0.5, 0.6) is 0 Å². The Kier molecular flexibility index (Phi) is 6.07. The van der Waals surface area contributed by atoms with Crippen molar-refractivity contribution >= 4 is 34.3 Å². The normalized spacial score (nSPS) is 19.7. The number of nitrogens with zero attached hydrogens (tertiary/aromatic N) is 3. The van der Waals surface area contributed by atoms with Gasteiger partial charge in [0.25, 0.3) is 0 Å². The molecule has 2 aliphatic rings. The summed E-state index contributed by atoms with van der Waals surface area (Å²) in [6, 6.07) is 2.66. The lowest BCUT2D eigenvalue weighted by Crippen LogP contribution is -2.36. The van der Waals surface area contributed by atoms with Crippen LogP contribution in [-0.4, -0.2) is 39.7 Å². The second-order valence-corrected chi connectivity index (χ2v) is 7.78. The van der Waals surface area contributed by atoms with E-state index < -0.39 is 35.0 Å². The number of carbonyl (C=O) groups is 3. The lowest BCUT2D eigenvalue weighted by molar-refractivity contribution is -0.138. The molecule has 0 bridgehead atoms. The number of carbonyl (C=O) groups excluding carboxylic acids is 3. The summed E-state index contributed by atoms with van der Waals surface area (Å²) in [5, 5.41) is 9.13. The van der Waals surface area contributed by atoms with Crippen molar-refractivity contribution in [2.24, 2.45) is 10.9 Å². The molecule has 0 N–H and O–H groups in total. The van der Waals surface area contributed by atoms with E-state index in [1.807, 2.05) is 0 Å². The minimum Gasteiger partial charge on any atom is -0.345 e. The Labute approximate surface area is 168 Å². The fourth-order valence-corrected chi connectivity index (χ4v) is 4.36. The predicted octanol–water partition coefficient (Wildman–Crippen LogP) is 3.21. The van der Waals surface area contributed by atoms with Crippen molar-refractivity contribution in [1.29, 1.82) is 5.26 Å². The van der Waals surface area contributed by atoms with Crippen LogP contribution in [0.3, 0.4) is 0 Å². The minimum absolute atomic E-state index is 0.0455. The maximum atomic E-state index is 13.2. The lowest BCUT2D eigenvalue weighted by atomic mass is 9.80. The molecule has 2 fully saturated rings. The first-order valence-electron chi connectivity index (χ1n) is 8.86. The first kappa shape index (κ1) is 21.0. The number of hydrogen-bond acceptors (Lipinski definition) is 6. The summed E-state index contributed by atoms with van der Waals surface area (Å²) >= 11 is 1.29. The summed E-state index contributed by atoms with van der Waals surface area (Å²) in [6.45, 7) is 0.351. The standard InChI is InChI=1S/C19H16F3N3O3S/c20-19(21,22)12-4-5-13(17(28)16-14(26)2-1-3-15(16)27)11(8-12)9-25-6-7-29-18(25)24-10-23/h4-5,8,16H,1-3,6-7,9H2/b24-18-. The number of rotatable bonds is 4. The molecule has 6 nitrogen and oxygen atoms in total. The van der Waals surface area contributed by atoms with E-state index in [-0.39, 0.29) is 30.5 Å². The van der Waals surface area contributed by atoms with Crippen molar-refractivity contribution < 1.29 is 27.6 Å². The van der Waals surface area contributed by atoms with Gasteiger partial charge >= 0.3 is 6.18 Å². The van der Waals surface area contributed by atoms with Gasteiger partial charge in [0.1, 0.15) is 5.92 Å². The number of Topliss-reactive ketones (excluding diaryl/α,β-unsaturated/α-hetero) is 3. The van der Waals surface area contributed by atoms with E-state index in [0.29, 0.717) is 23.9 Å². The van der Waals surface area contributed by atoms with Gasteiger partial charge in [-0.25, -0.2) is 0 Å². The van der Waals surface area contributed by atoms with Crippen LogP contribution in [0.2, 0.25) is 0 Å². The van der Waals surface area contributed by atoms with E-state index in [9.17, 15) is 27.6 Å². The molecular weight excluding hydrogens is 407 g/mol. The summed E-state index contributed by atoms with van der Waals surface area (Å²) in [5.74, 6) is -2.63. The quantitative estimate of drug-likeness (QED) is 0.420. The van der Waals surface area contributed by atoms with E-state index in [2.05, 4.69) is 4.99 Å². The Bertz CT molecular complexity index is 921. The third-order valence-corrected chi connectivity index (χ3v) is 5.81. The molecule has 1 aromatic rings. The second-order valence-electron chi connectivity index (χ2n) is 6.72. The number of nitriles is 1. The Morgan fingerprint density at radius 3 is 2.59 bits per heavy atom. The van der Waals surface area contributed by atoms with Gasteiger partial charge in [0.2, 0.25) is 6.19 Å². The van der Waals surface area contributed by atoms with Gasteiger partial charge < -0.3 is 4.90 Å². The number of thioether (sulfide) groups is 1. The zero-order valence-corrected chi connectivity index (χ0v) is 16.0. The van der Waals surface area contributed by atoms with E-state index >= 15 is 0 Å². The SMILES string of the molecule is N#C/N=C1\SCCN1Cc1cc(C(F)(F)F)ccc1C(=O)C1C(=O)CCCC1=O. The molecule has 29 heavy (non-hydrogen) atoms. The van der Waals surface area contributed by atoms with Crippen LogP contribution < -0.4 is 0 Å². The second kappa shape index (κ2) is 8.37. The van der Waals surface area contributed by atoms with E-state index in [0.717, 1.165) is 18.2 Å². The van der Waals surface area contributed by atoms with Crippen molar-refractivity contribution in [3.63, 3.8) is 0 Å². The van der Waals surface area contributed by atoms with Crippen LogP contribution in [-0.2, 0) is 22.3 Å². The molecule has 0 radical (unpaired) electrons. The zero-order chi connectivity index (χ0) is 21.2. The number of halogens is 3. The van der Waals surface area contributed by atoms with Crippen LogP contribution in [0.25, 0.3) is 0 Å². The maximum Gasteiger partial charge on any atom is 0.416 e. The average Bonchev–Trinajstić information content (AvgIpc) is 3.08. The highest BCUT2D eigenvalue weighted by molar-refractivity contribution is 8.14. The number of aliphatic imine (C=N–C) groups is 1. The Hall–Kier alpha value is -2.67. The number of benzene rings is 1. The van der Waals surface area contributed by atoms with Crippen LogP contribution in [0, 0.1) is 17.4 Å². The van der Waals surface area contributed by atoms with Crippen molar-refractivity contribution in [3.8, 4) is 6.19 Å². The van der Waals surface area contributed by atoms with E-state index in [1.54, 1.807) is 11.1 Å². The molecule has 0 unspecified atom stereocenters. The molecule has 0 amide bonds. The molecule has 0 spiro atoms. The maximum absolute atomic E-state index is 13.2. The molecule has 0 aromatic heterocycles. The van der Waals surface area contributed by atoms with Gasteiger partial charge in [0, 0.05) is 37.2 Å². The van der Waals surface area contributed by atoms with Crippen LogP contribution >= 0.6 is 11.8 Å². The Morgan fingerprint density at radius 2 is 1.97 bits per heavy atom. The van der Waals surface area contributed by atoms with Crippen LogP contribution in [0.15, 0.2) is 23.2 Å². The summed E-state index contributed by atoms with van der Waals surface area (Å²) in [7, 11) is 0. The van der Waals surface area contributed by atoms with E-state index in [1.165, 1.54) is 11.8 Å². The Balaban J connectivity index is 2.01. The third kappa shape index (κ3) is 4.50. The monoisotopic (exact) mass is 423 g/mol. The topological polar surface area (TPSA) is 90.6 Å². The Morgan fingerprint density at radius 1 is 1.28 bits per heavy atom. The highest BCUT2D eigenvalue weighted by Crippen LogP contribution is 2.33. The molecule has 1 saturated carbocycles. The summed E-state index contributed by atoms with van der Waals surface area (Å²) < 4.78 is 39.6. The molecule has 1 aliphatic carbocycles. The number of hydrogen-bond donors (Lipinski definition) is 0. The largest absolute Gasteiger partial charge is 0.416 e. The highest BCUT2D eigenvalue weighted by Gasteiger charge is 2.38. The fourth-order valence-electron chi connectivity index (χ4n) is 3.43. The van der Waals surface area contributed by atoms with Gasteiger partial charge in [-0.1, -0.05) is 17.8 Å². The lowest BCUT2D eigenvalue weighted by Gasteiger charge is -2.23. The molecule has 152 valence electrons. The van der Waals surface area contributed by atoms with Crippen molar-refractivity contribution in [2.45, 2.75) is 32.0 Å². The fraction of sp³-hybridized carbons (Fsp3) is 0.421. The summed E-state index contributed by atoms with van der Waals surface area (Å²) in [5.41, 5.74) is -0.972. The highest BCUT2D eigenvalue weighted by atomic mass is 32.2. The third-order valence-electron chi connectivity index (χ3n) is 4.82. The van der Waals surface area contributed by atoms with Gasteiger partial charge in [-0.05, 0) is 24.1 Å². The number of ketones is 3. The molecule has 1 aliphatic heterocycles. The molecule has 1 aromatic carbocycles. The van der Waals surface area contributed by atoms with Crippen molar-refractivity contribution in [1.82, 2.24) is 4.90 Å². The first-order chi connectivity index (χ1) is 13.7. The molecule has 1 saturated heterocycles. The molecule has 10 heteroatoms. The minimum atomic E-state index is -4.61. The summed E-state index contributed by atoms with van der Waals surface area (Å²) in [4.78, 5) is 42.5. The average molecular weight is 423 g/mol. The van der Waals surface area contributed by atoms with E-state index in [4.69, 9.17) is 5.26 Å². The first-order valence-corrected chi connectivity index (χ1v) is 9.85. The molecular formula is C19H16F3N3O3S. The molecule has 0 atom stereocenters. The van der Waals surface area contributed by atoms with Crippen molar-refractivity contribution in [2.75, 3.05) is 12.3 Å². The zero-order valence-electron chi connectivity index (χ0n) is 15.2. The number of alkyl halides is 3. The van der Waals surface area contributed by atoms with Crippen LogP contribution in [0.1, 0.15) is 40.7 Å². The molecule has 3 rings (SSSR count). The van der Waals surface area contributed by atoms with Gasteiger partial charge in [0.05, 0.1) is 5.56 Å². The van der Waals surface area contributed by atoms with Gasteiger partial charge in [0.15, 0.2) is 22.5 Å².